The standard InChI is InChI=1S/C23H24N2O2/c1-26-19-9-7-17(8-10-19)18-13-21-22(24-15-25-23(21)14-18)11-6-16-4-3-5-20(12-16)27-2/h3-5,7-10,12,15,18H,6,11,13-14H2,1-2H3. The number of nitrogens with zero attached hydrogens (tertiary/aromatic N) is 2. The van der Waals surface area contributed by atoms with Crippen LogP contribution in [0.5, 0.6) is 11.5 Å². The lowest BCUT2D eigenvalue weighted by Gasteiger charge is -2.10. The first kappa shape index (κ1) is 17.5. The van der Waals surface area contributed by atoms with Gasteiger partial charge in [0.1, 0.15) is 17.8 Å². The summed E-state index contributed by atoms with van der Waals surface area (Å²) in [6.07, 6.45) is 5.59. The van der Waals surface area contributed by atoms with Gasteiger partial charge in [0.25, 0.3) is 0 Å². The molecule has 1 heterocycles. The van der Waals surface area contributed by atoms with Crippen molar-refractivity contribution in [3.05, 3.63) is 82.9 Å². The van der Waals surface area contributed by atoms with Crippen molar-refractivity contribution in [1.29, 1.82) is 0 Å². The highest BCUT2D eigenvalue weighted by atomic mass is 16.5. The van der Waals surface area contributed by atoms with Crippen LogP contribution in [0.1, 0.15) is 34.0 Å². The van der Waals surface area contributed by atoms with Gasteiger partial charge in [-0.3, -0.25) is 0 Å². The Kier molecular flexibility index (Phi) is 5.05. The fourth-order valence-corrected chi connectivity index (χ4v) is 3.87. The van der Waals surface area contributed by atoms with Crippen LogP contribution >= 0.6 is 0 Å². The molecule has 0 amide bonds. The summed E-state index contributed by atoms with van der Waals surface area (Å²) in [5.41, 5.74) is 6.32. The molecule has 0 bridgehead atoms. The molecule has 0 fully saturated rings. The molecule has 1 aromatic heterocycles. The van der Waals surface area contributed by atoms with E-state index < -0.39 is 0 Å². The van der Waals surface area contributed by atoms with Crippen molar-refractivity contribution in [2.75, 3.05) is 14.2 Å². The minimum atomic E-state index is 0.471. The summed E-state index contributed by atoms with van der Waals surface area (Å²) in [4.78, 5) is 9.16. The third-order valence-electron chi connectivity index (χ3n) is 5.39. The molecule has 138 valence electrons. The van der Waals surface area contributed by atoms with E-state index in [0.29, 0.717) is 5.92 Å². The van der Waals surface area contributed by atoms with Gasteiger partial charge >= 0.3 is 0 Å². The second-order valence-electron chi connectivity index (χ2n) is 6.98. The van der Waals surface area contributed by atoms with Gasteiger partial charge in [-0.2, -0.15) is 0 Å². The van der Waals surface area contributed by atoms with Crippen molar-refractivity contribution < 1.29 is 9.47 Å². The van der Waals surface area contributed by atoms with Crippen LogP contribution in [-0.2, 0) is 25.7 Å². The molecule has 0 spiro atoms. The van der Waals surface area contributed by atoms with E-state index in [1.807, 2.05) is 24.3 Å². The third-order valence-corrected chi connectivity index (χ3v) is 5.39. The molecule has 4 nitrogen and oxygen atoms in total. The lowest BCUT2D eigenvalue weighted by Crippen LogP contribution is -2.02. The van der Waals surface area contributed by atoms with E-state index in [9.17, 15) is 0 Å². The van der Waals surface area contributed by atoms with Gasteiger partial charge in [-0.05, 0) is 72.6 Å². The predicted molar refractivity (Wildman–Crippen MR) is 106 cm³/mol. The minimum absolute atomic E-state index is 0.471. The zero-order valence-corrected chi connectivity index (χ0v) is 15.8. The smallest absolute Gasteiger partial charge is 0.119 e. The lowest BCUT2D eigenvalue weighted by molar-refractivity contribution is 0.414. The highest BCUT2D eigenvalue weighted by molar-refractivity contribution is 5.38. The zero-order chi connectivity index (χ0) is 18.6. The predicted octanol–water partition coefficient (Wildman–Crippen LogP) is 4.16. The minimum Gasteiger partial charge on any atom is -0.497 e. The van der Waals surface area contributed by atoms with Gasteiger partial charge in [0.2, 0.25) is 0 Å². The third kappa shape index (κ3) is 3.80. The Morgan fingerprint density at radius 3 is 2.48 bits per heavy atom. The Morgan fingerprint density at radius 2 is 1.70 bits per heavy atom. The van der Waals surface area contributed by atoms with Crippen molar-refractivity contribution in [3.8, 4) is 11.5 Å². The number of fused-ring (bicyclic) bond motifs is 1. The van der Waals surface area contributed by atoms with E-state index in [1.165, 1.54) is 28.1 Å². The maximum Gasteiger partial charge on any atom is 0.119 e. The van der Waals surface area contributed by atoms with Gasteiger partial charge < -0.3 is 9.47 Å². The van der Waals surface area contributed by atoms with Crippen LogP contribution in [0, 0.1) is 0 Å². The highest BCUT2D eigenvalue weighted by Gasteiger charge is 2.26. The quantitative estimate of drug-likeness (QED) is 0.662. The monoisotopic (exact) mass is 360 g/mol. The number of benzene rings is 2. The molecule has 4 rings (SSSR count). The average Bonchev–Trinajstić information content (AvgIpc) is 3.17. The van der Waals surface area contributed by atoms with Crippen LogP contribution in [0.15, 0.2) is 54.9 Å². The normalized spacial score (nSPS) is 15.4. The Labute approximate surface area is 160 Å². The van der Waals surface area contributed by atoms with Gasteiger partial charge in [0, 0.05) is 11.4 Å². The largest absolute Gasteiger partial charge is 0.497 e. The molecule has 27 heavy (non-hydrogen) atoms. The zero-order valence-electron chi connectivity index (χ0n) is 15.8. The number of rotatable bonds is 6. The van der Waals surface area contributed by atoms with Crippen LogP contribution in [0.4, 0.5) is 0 Å². The molecule has 3 aromatic rings. The first-order valence-electron chi connectivity index (χ1n) is 9.35. The van der Waals surface area contributed by atoms with E-state index in [0.717, 1.165) is 37.2 Å². The second kappa shape index (κ2) is 7.78. The van der Waals surface area contributed by atoms with E-state index in [4.69, 9.17) is 9.47 Å². The Bertz CT molecular complexity index is 922. The average molecular weight is 360 g/mol. The van der Waals surface area contributed by atoms with Gasteiger partial charge in [0.15, 0.2) is 0 Å². The van der Waals surface area contributed by atoms with Gasteiger partial charge in [-0.25, -0.2) is 9.97 Å². The van der Waals surface area contributed by atoms with E-state index in [2.05, 4.69) is 34.2 Å². The van der Waals surface area contributed by atoms with E-state index in [-0.39, 0.29) is 0 Å². The number of methoxy groups -OCH3 is 2. The number of hydrogen-bond donors (Lipinski definition) is 0. The molecule has 1 aliphatic rings. The fraction of sp³-hybridized carbons (Fsp3) is 0.304. The molecule has 1 aliphatic carbocycles. The van der Waals surface area contributed by atoms with Crippen molar-refractivity contribution in [3.63, 3.8) is 0 Å². The molecule has 4 heteroatoms. The van der Waals surface area contributed by atoms with Crippen LogP contribution in [0.25, 0.3) is 0 Å². The van der Waals surface area contributed by atoms with Crippen molar-refractivity contribution in [2.24, 2.45) is 0 Å². The van der Waals surface area contributed by atoms with Crippen molar-refractivity contribution in [2.45, 2.75) is 31.6 Å². The molecule has 0 radical (unpaired) electrons. The molecule has 0 saturated carbocycles. The van der Waals surface area contributed by atoms with Crippen LogP contribution in [0.2, 0.25) is 0 Å². The van der Waals surface area contributed by atoms with Crippen LogP contribution in [-0.4, -0.2) is 24.2 Å². The number of hydrogen-bond acceptors (Lipinski definition) is 4. The number of aromatic nitrogens is 2. The summed E-state index contributed by atoms with van der Waals surface area (Å²) in [7, 11) is 3.40. The molecule has 2 aromatic carbocycles. The summed E-state index contributed by atoms with van der Waals surface area (Å²) in [6.45, 7) is 0. The van der Waals surface area contributed by atoms with Gasteiger partial charge in [-0.15, -0.1) is 0 Å². The Hall–Kier alpha value is -2.88. The first-order valence-corrected chi connectivity index (χ1v) is 9.35. The van der Waals surface area contributed by atoms with Crippen molar-refractivity contribution in [1.82, 2.24) is 9.97 Å². The van der Waals surface area contributed by atoms with Crippen LogP contribution < -0.4 is 9.47 Å². The topological polar surface area (TPSA) is 44.2 Å². The summed E-state index contributed by atoms with van der Waals surface area (Å²) in [5.74, 6) is 2.27. The number of aryl methyl sites for hydroxylation is 2. The summed E-state index contributed by atoms with van der Waals surface area (Å²) >= 11 is 0. The number of ether oxygens (including phenoxy) is 2. The van der Waals surface area contributed by atoms with Gasteiger partial charge in [0.05, 0.1) is 14.2 Å². The van der Waals surface area contributed by atoms with Gasteiger partial charge in [-0.1, -0.05) is 24.3 Å². The summed E-state index contributed by atoms with van der Waals surface area (Å²) in [6, 6.07) is 16.7. The highest BCUT2D eigenvalue weighted by Crippen LogP contribution is 2.35. The molecular formula is C23H24N2O2. The summed E-state index contributed by atoms with van der Waals surface area (Å²) in [5, 5.41) is 0. The summed E-state index contributed by atoms with van der Waals surface area (Å²) < 4.78 is 10.6. The molecule has 1 unspecified atom stereocenters. The van der Waals surface area contributed by atoms with Crippen LogP contribution in [0.3, 0.4) is 0 Å². The molecular weight excluding hydrogens is 336 g/mol. The fourth-order valence-electron chi connectivity index (χ4n) is 3.87. The first-order chi connectivity index (χ1) is 13.3. The Morgan fingerprint density at radius 1 is 0.889 bits per heavy atom. The lowest BCUT2D eigenvalue weighted by atomic mass is 9.95. The molecule has 0 aliphatic heterocycles. The second-order valence-corrected chi connectivity index (χ2v) is 6.98. The molecule has 0 N–H and O–H groups in total. The van der Waals surface area contributed by atoms with E-state index >= 15 is 0 Å². The maximum absolute atomic E-state index is 5.33. The van der Waals surface area contributed by atoms with E-state index in [1.54, 1.807) is 20.5 Å². The molecule has 0 saturated heterocycles. The SMILES string of the molecule is COc1ccc(C2Cc3ncnc(CCc4cccc(OC)c4)c3C2)cc1. The van der Waals surface area contributed by atoms with Crippen molar-refractivity contribution >= 4 is 0 Å². The molecule has 1 atom stereocenters. The maximum atomic E-state index is 5.33. The Balaban J connectivity index is 1.49.